The van der Waals surface area contributed by atoms with Gasteiger partial charge in [-0.2, -0.15) is 0 Å². The van der Waals surface area contributed by atoms with Crippen molar-refractivity contribution < 1.29 is 13.3 Å². The molecule has 8 nitrogen and oxygen atoms in total. The van der Waals surface area contributed by atoms with Crippen LogP contribution in [-0.2, 0) is 9.84 Å². The second-order valence-corrected chi connectivity index (χ2v) is 8.39. The number of nitrogens with zero attached hydrogens (tertiary/aromatic N) is 4. The number of benzene rings is 1. The lowest BCUT2D eigenvalue weighted by Gasteiger charge is -2.36. The van der Waals surface area contributed by atoms with E-state index in [0.717, 1.165) is 12.3 Å². The number of pyridine rings is 1. The van der Waals surface area contributed by atoms with Gasteiger partial charge in [0.15, 0.2) is 9.84 Å². The maximum absolute atomic E-state index is 11.7. The molecule has 10 heteroatoms. The highest BCUT2D eigenvalue weighted by molar-refractivity contribution is 7.90. The van der Waals surface area contributed by atoms with Gasteiger partial charge in [0, 0.05) is 44.7 Å². The fourth-order valence-electron chi connectivity index (χ4n) is 2.92. The Morgan fingerprint density at radius 2 is 1.81 bits per heavy atom. The number of piperazine rings is 1. The normalized spacial score (nSPS) is 15.2. The van der Waals surface area contributed by atoms with Crippen LogP contribution < -0.4 is 9.80 Å². The molecule has 0 N–H and O–H groups in total. The number of aromatic nitrogens is 1. The van der Waals surface area contributed by atoms with Crippen LogP contribution in [0.5, 0.6) is 0 Å². The standard InChI is InChI=1S/C16H17ClN4O4S/c1-26(24,25)12-4-5-14(15(11-12)21(22)23)19-7-9-20(10-8-19)16-13(17)3-2-6-18-16/h2-6,11H,7-10H2,1H3. The Bertz CT molecular complexity index is 943. The summed E-state index contributed by atoms with van der Waals surface area (Å²) < 4.78 is 23.3. The van der Waals surface area contributed by atoms with Gasteiger partial charge in [0.05, 0.1) is 14.8 Å². The van der Waals surface area contributed by atoms with Crippen molar-refractivity contribution in [2.24, 2.45) is 0 Å². The van der Waals surface area contributed by atoms with Crippen LogP contribution in [0.3, 0.4) is 0 Å². The van der Waals surface area contributed by atoms with Crippen LogP contribution >= 0.6 is 11.6 Å². The smallest absolute Gasteiger partial charge is 0.293 e. The number of hydrogen-bond acceptors (Lipinski definition) is 7. The molecular weight excluding hydrogens is 380 g/mol. The summed E-state index contributed by atoms with van der Waals surface area (Å²) in [6.45, 7) is 2.27. The summed E-state index contributed by atoms with van der Waals surface area (Å²) in [6.07, 6.45) is 2.70. The number of halogens is 1. The highest BCUT2D eigenvalue weighted by Crippen LogP contribution is 2.32. The number of sulfone groups is 1. The summed E-state index contributed by atoms with van der Waals surface area (Å²) in [6, 6.07) is 7.55. The zero-order valence-electron chi connectivity index (χ0n) is 14.0. The van der Waals surface area contributed by atoms with E-state index in [-0.39, 0.29) is 10.6 Å². The minimum atomic E-state index is -3.51. The van der Waals surface area contributed by atoms with Gasteiger partial charge in [-0.25, -0.2) is 13.4 Å². The van der Waals surface area contributed by atoms with Gasteiger partial charge in [0.1, 0.15) is 11.5 Å². The van der Waals surface area contributed by atoms with Crippen LogP contribution in [0, 0.1) is 10.1 Å². The summed E-state index contributed by atoms with van der Waals surface area (Å²) in [7, 11) is -3.51. The van der Waals surface area contributed by atoms with E-state index in [9.17, 15) is 18.5 Å². The van der Waals surface area contributed by atoms with Gasteiger partial charge >= 0.3 is 0 Å². The molecule has 2 aromatic rings. The number of hydrogen-bond donors (Lipinski definition) is 0. The molecule has 1 aromatic heterocycles. The van der Waals surface area contributed by atoms with Gasteiger partial charge in [0.2, 0.25) is 0 Å². The third-order valence-corrected chi connectivity index (χ3v) is 5.64. The molecule has 1 saturated heterocycles. The Morgan fingerprint density at radius 1 is 1.15 bits per heavy atom. The predicted molar refractivity (Wildman–Crippen MR) is 99.9 cm³/mol. The number of rotatable bonds is 4. The van der Waals surface area contributed by atoms with Crippen LogP contribution in [0.4, 0.5) is 17.2 Å². The van der Waals surface area contributed by atoms with Crippen molar-refractivity contribution in [1.29, 1.82) is 0 Å². The minimum Gasteiger partial charge on any atom is -0.362 e. The Labute approximate surface area is 156 Å². The van der Waals surface area contributed by atoms with E-state index in [0.29, 0.717) is 42.7 Å². The van der Waals surface area contributed by atoms with E-state index in [2.05, 4.69) is 4.98 Å². The molecule has 0 amide bonds. The molecule has 0 bridgehead atoms. The average Bonchev–Trinajstić information content (AvgIpc) is 2.61. The largest absolute Gasteiger partial charge is 0.362 e. The lowest BCUT2D eigenvalue weighted by atomic mass is 10.2. The van der Waals surface area contributed by atoms with Gasteiger partial charge in [-0.3, -0.25) is 10.1 Å². The summed E-state index contributed by atoms with van der Waals surface area (Å²) in [5, 5.41) is 12.0. The molecule has 2 heterocycles. The Kier molecular flexibility index (Phi) is 5.01. The Balaban J connectivity index is 1.83. The maximum Gasteiger partial charge on any atom is 0.293 e. The van der Waals surface area contributed by atoms with Gasteiger partial charge in [0.25, 0.3) is 5.69 Å². The Morgan fingerprint density at radius 3 is 2.38 bits per heavy atom. The molecule has 1 aliphatic rings. The molecular formula is C16H17ClN4O4S. The summed E-state index contributed by atoms with van der Waals surface area (Å²) in [4.78, 5) is 19.0. The van der Waals surface area contributed by atoms with E-state index in [4.69, 9.17) is 11.6 Å². The highest BCUT2D eigenvalue weighted by Gasteiger charge is 2.26. The zero-order chi connectivity index (χ0) is 18.9. The van der Waals surface area contributed by atoms with Crippen LogP contribution in [-0.4, -0.2) is 50.8 Å². The van der Waals surface area contributed by atoms with Crippen molar-refractivity contribution in [3.8, 4) is 0 Å². The first-order valence-electron chi connectivity index (χ1n) is 7.86. The molecule has 1 aromatic carbocycles. The van der Waals surface area contributed by atoms with E-state index in [1.807, 2.05) is 9.80 Å². The molecule has 0 unspecified atom stereocenters. The van der Waals surface area contributed by atoms with Crippen molar-refractivity contribution in [3.05, 3.63) is 51.7 Å². The zero-order valence-corrected chi connectivity index (χ0v) is 15.6. The van der Waals surface area contributed by atoms with E-state index in [1.54, 1.807) is 18.3 Å². The molecule has 0 radical (unpaired) electrons. The van der Waals surface area contributed by atoms with E-state index >= 15 is 0 Å². The first-order valence-corrected chi connectivity index (χ1v) is 10.1. The third-order valence-electron chi connectivity index (χ3n) is 4.23. The van der Waals surface area contributed by atoms with E-state index in [1.165, 1.54) is 12.1 Å². The summed E-state index contributed by atoms with van der Waals surface area (Å²) >= 11 is 6.17. The van der Waals surface area contributed by atoms with Crippen molar-refractivity contribution in [2.75, 3.05) is 42.2 Å². The van der Waals surface area contributed by atoms with Crippen LogP contribution in [0.15, 0.2) is 41.4 Å². The predicted octanol–water partition coefficient (Wildman–Crippen LogP) is 2.37. The van der Waals surface area contributed by atoms with Gasteiger partial charge < -0.3 is 9.80 Å². The van der Waals surface area contributed by atoms with E-state index < -0.39 is 14.8 Å². The van der Waals surface area contributed by atoms with Crippen molar-refractivity contribution in [3.63, 3.8) is 0 Å². The molecule has 26 heavy (non-hydrogen) atoms. The molecule has 138 valence electrons. The monoisotopic (exact) mass is 396 g/mol. The fraction of sp³-hybridized carbons (Fsp3) is 0.312. The fourth-order valence-corrected chi connectivity index (χ4v) is 3.80. The molecule has 0 aliphatic carbocycles. The second kappa shape index (κ2) is 7.08. The first kappa shape index (κ1) is 18.4. The lowest BCUT2D eigenvalue weighted by molar-refractivity contribution is -0.384. The number of nitro groups is 1. The first-order chi connectivity index (χ1) is 12.3. The van der Waals surface area contributed by atoms with Crippen molar-refractivity contribution >= 4 is 38.6 Å². The van der Waals surface area contributed by atoms with Gasteiger partial charge in [-0.1, -0.05) is 11.6 Å². The van der Waals surface area contributed by atoms with Gasteiger partial charge in [-0.05, 0) is 24.3 Å². The van der Waals surface area contributed by atoms with Crippen LogP contribution in [0.2, 0.25) is 5.02 Å². The summed E-state index contributed by atoms with van der Waals surface area (Å²) in [5.74, 6) is 0.691. The van der Waals surface area contributed by atoms with Crippen molar-refractivity contribution in [1.82, 2.24) is 4.98 Å². The highest BCUT2D eigenvalue weighted by atomic mass is 35.5. The number of nitro benzene ring substituents is 1. The molecule has 3 rings (SSSR count). The average molecular weight is 397 g/mol. The molecule has 0 spiro atoms. The number of anilines is 2. The molecule has 1 fully saturated rings. The van der Waals surface area contributed by atoms with Crippen LogP contribution in [0.25, 0.3) is 0 Å². The molecule has 1 aliphatic heterocycles. The molecule has 0 saturated carbocycles. The third kappa shape index (κ3) is 3.73. The second-order valence-electron chi connectivity index (χ2n) is 5.96. The topological polar surface area (TPSA) is 96.7 Å². The van der Waals surface area contributed by atoms with Gasteiger partial charge in [-0.15, -0.1) is 0 Å². The lowest BCUT2D eigenvalue weighted by Crippen LogP contribution is -2.47. The summed E-state index contributed by atoms with van der Waals surface area (Å²) in [5.41, 5.74) is 0.200. The molecule has 0 atom stereocenters. The SMILES string of the molecule is CS(=O)(=O)c1ccc(N2CCN(c3ncccc3Cl)CC2)c([N+](=O)[O-])c1. The Hall–Kier alpha value is -2.39. The quantitative estimate of drug-likeness (QED) is 0.578. The van der Waals surface area contributed by atoms with Crippen molar-refractivity contribution in [2.45, 2.75) is 4.90 Å². The maximum atomic E-state index is 11.7. The minimum absolute atomic E-state index is 0.0631. The van der Waals surface area contributed by atoms with Crippen LogP contribution in [0.1, 0.15) is 0 Å².